The number of ether oxygens (including phenoxy) is 3. The normalized spacial score (nSPS) is 31.9. The predicted molar refractivity (Wildman–Crippen MR) is 193 cm³/mol. The van der Waals surface area contributed by atoms with Gasteiger partial charge in [-0.2, -0.15) is 0 Å². The van der Waals surface area contributed by atoms with Crippen molar-refractivity contribution >= 4 is 39.3 Å². The fourth-order valence-electron chi connectivity index (χ4n) is 9.14. The highest BCUT2D eigenvalue weighted by Gasteiger charge is 2.49. The summed E-state index contributed by atoms with van der Waals surface area (Å²) < 4.78 is 48.5. The summed E-state index contributed by atoms with van der Waals surface area (Å²) in [5.74, 6) is 0.304. The number of nitrogens with one attached hydrogen (secondary N) is 2. The molecule has 274 valence electrons. The van der Waals surface area contributed by atoms with Gasteiger partial charge in [0.25, 0.3) is 15.9 Å². The van der Waals surface area contributed by atoms with Crippen molar-refractivity contribution in [3.05, 3.63) is 64.7 Å². The van der Waals surface area contributed by atoms with Gasteiger partial charge in [-0.05, 0) is 118 Å². The molecule has 2 spiro atoms. The van der Waals surface area contributed by atoms with E-state index < -0.39 is 33.7 Å². The second-order valence-corrected chi connectivity index (χ2v) is 17.6. The number of alkyl carbamates (subject to hydrolysis) is 1. The number of sulfonamides is 1. The van der Waals surface area contributed by atoms with E-state index in [1.165, 1.54) is 17.2 Å². The largest absolute Gasteiger partial charge is 0.490 e. The zero-order chi connectivity index (χ0) is 35.4. The first kappa shape index (κ1) is 34.7. The molecule has 2 aromatic rings. The maximum absolute atomic E-state index is 13.9. The van der Waals surface area contributed by atoms with Crippen LogP contribution in [0.3, 0.4) is 0 Å². The first-order valence-corrected chi connectivity index (χ1v) is 20.2. The number of aryl methyl sites for hydroxylation is 1. The third kappa shape index (κ3) is 6.51. The van der Waals surface area contributed by atoms with E-state index in [0.717, 1.165) is 44.9 Å². The van der Waals surface area contributed by atoms with Gasteiger partial charge in [0, 0.05) is 42.6 Å². The number of rotatable bonds is 2. The Morgan fingerprint density at radius 2 is 1.96 bits per heavy atom. The highest BCUT2D eigenvalue weighted by molar-refractivity contribution is 7.90. The summed E-state index contributed by atoms with van der Waals surface area (Å²) in [6.45, 7) is 3.17. The molecule has 0 radical (unpaired) electrons. The number of nitrogens with zero attached hydrogens (tertiary/aromatic N) is 2. The van der Waals surface area contributed by atoms with Crippen molar-refractivity contribution in [2.75, 3.05) is 51.4 Å². The van der Waals surface area contributed by atoms with Crippen LogP contribution in [0.25, 0.3) is 0 Å². The van der Waals surface area contributed by atoms with Crippen LogP contribution in [0, 0.1) is 11.8 Å². The Bertz CT molecular complexity index is 1830. The Kier molecular flexibility index (Phi) is 9.26. The number of amides is 2. The molecule has 8 rings (SSSR count). The molecule has 3 fully saturated rings. The molecule has 3 heterocycles. The number of carbonyl (C=O) groups is 2. The minimum atomic E-state index is -4.19. The van der Waals surface area contributed by atoms with E-state index in [1.807, 2.05) is 30.2 Å². The van der Waals surface area contributed by atoms with Gasteiger partial charge >= 0.3 is 6.09 Å². The summed E-state index contributed by atoms with van der Waals surface area (Å²) in [5.41, 5.74) is 1.83. The van der Waals surface area contributed by atoms with Crippen LogP contribution in [0.15, 0.2) is 53.4 Å². The third-order valence-corrected chi connectivity index (χ3v) is 14.0. The van der Waals surface area contributed by atoms with Crippen molar-refractivity contribution in [2.45, 2.75) is 85.8 Å². The Balaban J connectivity index is 1.18. The number of anilines is 1. The monoisotopic (exact) mass is 738 g/mol. The van der Waals surface area contributed by atoms with Crippen LogP contribution in [0.5, 0.6) is 5.75 Å². The molecule has 2 bridgehead atoms. The molecular formula is C38H47ClN4O7S. The highest BCUT2D eigenvalue weighted by atomic mass is 35.5. The summed E-state index contributed by atoms with van der Waals surface area (Å²) in [5, 5.41) is 3.69. The SMILES string of the molecule is CN1C/C=C/[C@H](OC(=O)N[C@@H]2CCOC2)[C@@H]2CC[C@H]2CN2C[C@@]3(CCCc4cc(Cl)ccc43)COc3ccc(cc32)S(=O)(=O)NC(=O)C12CCC2. The first-order valence-electron chi connectivity index (χ1n) is 18.4. The Morgan fingerprint density at radius 1 is 1.10 bits per heavy atom. The number of halogens is 1. The molecule has 51 heavy (non-hydrogen) atoms. The molecule has 11 nitrogen and oxygen atoms in total. The quantitative estimate of drug-likeness (QED) is 0.412. The van der Waals surface area contributed by atoms with E-state index in [2.05, 4.69) is 27.1 Å². The van der Waals surface area contributed by atoms with Crippen molar-refractivity contribution in [2.24, 2.45) is 11.8 Å². The Hall–Kier alpha value is -3.32. The van der Waals surface area contributed by atoms with Crippen LogP contribution < -0.4 is 19.7 Å². The molecule has 2 aromatic carbocycles. The lowest BCUT2D eigenvalue weighted by atomic mass is 9.68. The summed E-state index contributed by atoms with van der Waals surface area (Å²) in [7, 11) is -2.34. The van der Waals surface area contributed by atoms with Crippen LogP contribution in [0.1, 0.15) is 62.5 Å². The van der Waals surface area contributed by atoms with Crippen molar-refractivity contribution < 1.29 is 32.2 Å². The standard InChI is InChI=1S/C38H47ClN4O7S/c1-42-17-3-6-33(50-36(45)40-28-13-18-48-22-28)30-10-7-26(30)21-43-23-37(14-2-5-25-19-27(39)8-11-31(25)37)24-49-34-12-9-29(20-32(34)43)51(46,47)41-35(44)38(42)15-4-16-38/h3,6,8-9,11-12,19-20,26,28,30,33H,2,4-5,7,10,13-18,21-24H2,1H3,(H,40,45)(H,41,44)/b6-3+/t26-,28+,30+,33-,37-/m0/s1. The number of benzene rings is 2. The zero-order valence-electron chi connectivity index (χ0n) is 29.1. The number of likely N-dealkylation sites (N-methyl/N-ethyl adjacent to an activating group) is 1. The van der Waals surface area contributed by atoms with Gasteiger partial charge in [0.2, 0.25) is 0 Å². The van der Waals surface area contributed by atoms with E-state index in [9.17, 15) is 18.0 Å². The summed E-state index contributed by atoms with van der Waals surface area (Å²) >= 11 is 6.45. The molecule has 0 unspecified atom stereocenters. The van der Waals surface area contributed by atoms with Gasteiger partial charge in [-0.25, -0.2) is 17.9 Å². The molecule has 5 atom stereocenters. The van der Waals surface area contributed by atoms with E-state index in [-0.39, 0.29) is 28.2 Å². The van der Waals surface area contributed by atoms with Gasteiger partial charge in [-0.1, -0.05) is 23.7 Å². The van der Waals surface area contributed by atoms with E-state index in [4.69, 9.17) is 25.8 Å². The lowest BCUT2D eigenvalue weighted by Crippen LogP contribution is -2.62. The van der Waals surface area contributed by atoms with Crippen molar-refractivity contribution in [1.82, 2.24) is 14.9 Å². The average molecular weight is 739 g/mol. The molecule has 3 aliphatic heterocycles. The Morgan fingerprint density at radius 3 is 2.71 bits per heavy atom. The number of hydrogen-bond donors (Lipinski definition) is 2. The van der Waals surface area contributed by atoms with Gasteiger partial charge in [0.15, 0.2) is 0 Å². The molecule has 1 saturated heterocycles. The molecule has 2 N–H and O–H groups in total. The maximum Gasteiger partial charge on any atom is 0.408 e. The third-order valence-electron chi connectivity index (χ3n) is 12.4. The predicted octanol–water partition coefficient (Wildman–Crippen LogP) is 4.95. The molecule has 0 aromatic heterocycles. The van der Waals surface area contributed by atoms with Gasteiger partial charge < -0.3 is 24.4 Å². The fraction of sp³-hybridized carbons (Fsp3) is 0.579. The van der Waals surface area contributed by atoms with Gasteiger partial charge in [0.05, 0.1) is 29.8 Å². The van der Waals surface area contributed by atoms with E-state index in [0.29, 0.717) is 68.8 Å². The second-order valence-electron chi connectivity index (χ2n) is 15.4. The number of fused-ring (bicyclic) bond motifs is 4. The fourth-order valence-corrected chi connectivity index (χ4v) is 10.4. The van der Waals surface area contributed by atoms with Gasteiger partial charge in [-0.3, -0.25) is 9.69 Å². The lowest BCUT2D eigenvalue weighted by Gasteiger charge is -2.47. The summed E-state index contributed by atoms with van der Waals surface area (Å²) in [6.07, 6.45) is 10.3. The van der Waals surface area contributed by atoms with Crippen molar-refractivity contribution in [3.63, 3.8) is 0 Å². The molecular weight excluding hydrogens is 692 g/mol. The highest BCUT2D eigenvalue weighted by Crippen LogP contribution is 2.47. The minimum absolute atomic E-state index is 0.0259. The van der Waals surface area contributed by atoms with Crippen LogP contribution in [-0.4, -0.2) is 89.5 Å². The van der Waals surface area contributed by atoms with Crippen LogP contribution in [-0.2, 0) is 36.1 Å². The van der Waals surface area contributed by atoms with E-state index >= 15 is 0 Å². The molecule has 6 aliphatic rings. The van der Waals surface area contributed by atoms with Crippen LogP contribution >= 0.6 is 11.6 Å². The topological polar surface area (TPSA) is 127 Å². The van der Waals surface area contributed by atoms with E-state index in [1.54, 1.807) is 12.1 Å². The first-order chi connectivity index (χ1) is 24.6. The Labute approximate surface area is 305 Å². The van der Waals surface area contributed by atoms with Crippen molar-refractivity contribution in [3.8, 4) is 5.75 Å². The van der Waals surface area contributed by atoms with Crippen LogP contribution in [0.4, 0.5) is 10.5 Å². The molecule has 3 aliphatic carbocycles. The average Bonchev–Trinajstić information content (AvgIpc) is 3.51. The summed E-state index contributed by atoms with van der Waals surface area (Å²) in [4.78, 5) is 31.3. The van der Waals surface area contributed by atoms with Crippen LogP contribution in [0.2, 0.25) is 5.02 Å². The second kappa shape index (κ2) is 13.6. The van der Waals surface area contributed by atoms with Gasteiger partial charge in [0.1, 0.15) is 17.4 Å². The van der Waals surface area contributed by atoms with Crippen molar-refractivity contribution in [1.29, 1.82) is 0 Å². The maximum atomic E-state index is 13.9. The number of hydrogen-bond acceptors (Lipinski definition) is 9. The molecule has 13 heteroatoms. The smallest absolute Gasteiger partial charge is 0.408 e. The lowest BCUT2D eigenvalue weighted by molar-refractivity contribution is -0.136. The molecule has 2 amide bonds. The number of carbonyl (C=O) groups excluding carboxylic acids is 2. The molecule has 2 saturated carbocycles. The summed E-state index contributed by atoms with van der Waals surface area (Å²) in [6, 6.07) is 11.0. The zero-order valence-corrected chi connectivity index (χ0v) is 30.6. The minimum Gasteiger partial charge on any atom is -0.490 e. The van der Waals surface area contributed by atoms with Gasteiger partial charge in [-0.15, -0.1) is 0 Å².